The van der Waals surface area contributed by atoms with Crippen LogP contribution in [0.4, 0.5) is 33.7 Å². The Labute approximate surface area is 300 Å². The smallest absolute Gasteiger partial charge is 0.406 e. The second-order valence-electron chi connectivity index (χ2n) is 11.3. The normalized spacial score (nSPS) is 14.1. The van der Waals surface area contributed by atoms with E-state index in [1.165, 1.54) is 40.2 Å². The fourth-order valence-corrected chi connectivity index (χ4v) is 6.99. The summed E-state index contributed by atoms with van der Waals surface area (Å²) in [5.41, 5.74) is 3.52. The topological polar surface area (TPSA) is 124 Å². The number of amides is 3. The standard InChI is InChI=1S/C35H25F4N7O4S2/c1-20-6-7-22(16-49-17-30-41-27-4-2-3-5-29(27)52-30)28(14-20)46-31(47)18-51-34(46)43-33(48)42-26-13-8-21(15-25(26)36)32-40-19-45(44-32)23-9-11-24(12-10-23)50-35(37,38)39/h2-15,19H,16-18H2,1H3,(H,42,48). The maximum atomic E-state index is 15.2. The van der Waals surface area contributed by atoms with Crippen LogP contribution < -0.4 is 15.0 Å². The minimum Gasteiger partial charge on any atom is -0.406 e. The van der Waals surface area contributed by atoms with E-state index in [-0.39, 0.29) is 47.1 Å². The Kier molecular flexibility index (Phi) is 9.72. The molecular formula is C35H25F4N7O4S2. The quantitative estimate of drug-likeness (QED) is 0.147. The Balaban J connectivity index is 1.03. The molecule has 17 heteroatoms. The molecule has 1 fully saturated rings. The number of aryl methyl sites for hydroxylation is 1. The first-order valence-electron chi connectivity index (χ1n) is 15.4. The highest BCUT2D eigenvalue weighted by molar-refractivity contribution is 8.15. The number of para-hydroxylation sites is 1. The van der Waals surface area contributed by atoms with Crippen LogP contribution in [0.1, 0.15) is 16.1 Å². The molecular weight excluding hydrogens is 723 g/mol. The van der Waals surface area contributed by atoms with Crippen molar-refractivity contribution in [2.75, 3.05) is 16.0 Å². The minimum atomic E-state index is -4.82. The number of nitrogens with one attached hydrogen (secondary N) is 1. The summed E-state index contributed by atoms with van der Waals surface area (Å²) in [5, 5.41) is 7.64. The fraction of sp³-hybridized carbons (Fsp3) is 0.143. The van der Waals surface area contributed by atoms with E-state index < -0.39 is 24.0 Å². The van der Waals surface area contributed by atoms with Crippen molar-refractivity contribution in [3.8, 4) is 22.8 Å². The van der Waals surface area contributed by atoms with Crippen molar-refractivity contribution in [2.24, 2.45) is 4.99 Å². The molecule has 0 aliphatic carbocycles. The summed E-state index contributed by atoms with van der Waals surface area (Å²) in [6.45, 7) is 2.33. The van der Waals surface area contributed by atoms with E-state index in [1.807, 2.05) is 49.4 Å². The lowest BCUT2D eigenvalue weighted by atomic mass is 10.1. The zero-order valence-corrected chi connectivity index (χ0v) is 28.6. The molecule has 1 N–H and O–H groups in total. The van der Waals surface area contributed by atoms with Crippen LogP contribution in [-0.4, -0.2) is 49.0 Å². The van der Waals surface area contributed by atoms with Crippen molar-refractivity contribution < 1.29 is 36.6 Å². The monoisotopic (exact) mass is 747 g/mol. The van der Waals surface area contributed by atoms with Gasteiger partial charge in [-0.2, -0.15) is 4.99 Å². The molecule has 2 aromatic heterocycles. The van der Waals surface area contributed by atoms with Crippen LogP contribution in [0.25, 0.3) is 27.3 Å². The summed E-state index contributed by atoms with van der Waals surface area (Å²) in [6, 6.07) is 21.4. The number of fused-ring (bicyclic) bond motifs is 1. The van der Waals surface area contributed by atoms with Gasteiger partial charge in [0, 0.05) is 11.1 Å². The van der Waals surface area contributed by atoms with Crippen LogP contribution >= 0.6 is 23.1 Å². The largest absolute Gasteiger partial charge is 0.573 e. The van der Waals surface area contributed by atoms with Crippen molar-refractivity contribution in [2.45, 2.75) is 26.5 Å². The summed E-state index contributed by atoms with van der Waals surface area (Å²) >= 11 is 2.63. The third-order valence-corrected chi connectivity index (χ3v) is 9.49. The van der Waals surface area contributed by atoms with Gasteiger partial charge < -0.3 is 14.8 Å². The Bertz CT molecular complexity index is 2290. The van der Waals surface area contributed by atoms with Gasteiger partial charge in [0.1, 0.15) is 22.9 Å². The van der Waals surface area contributed by atoms with Gasteiger partial charge in [-0.1, -0.05) is 36.0 Å². The molecule has 11 nitrogen and oxygen atoms in total. The number of hydrogen-bond acceptors (Lipinski definition) is 9. The summed E-state index contributed by atoms with van der Waals surface area (Å²) in [7, 11) is 0. The number of carbonyl (C=O) groups excluding carboxylic acids is 2. The molecule has 0 atom stereocenters. The number of ether oxygens (including phenoxy) is 2. The van der Waals surface area contributed by atoms with Crippen LogP contribution in [0, 0.1) is 12.7 Å². The van der Waals surface area contributed by atoms with E-state index in [2.05, 4.69) is 30.1 Å². The van der Waals surface area contributed by atoms with Crippen molar-refractivity contribution in [1.29, 1.82) is 0 Å². The highest BCUT2D eigenvalue weighted by atomic mass is 32.2. The summed E-state index contributed by atoms with van der Waals surface area (Å²) in [5.74, 6) is -1.28. The molecule has 0 radical (unpaired) electrons. The third kappa shape index (κ3) is 7.96. The SMILES string of the molecule is Cc1ccc(COCc2nc3ccccc3s2)c(N2C(=O)CSC2=NC(=O)Nc2ccc(-c3ncn(-c4ccc(OC(F)(F)F)cc4)n3)cc2F)c1. The number of alkyl halides is 3. The second kappa shape index (κ2) is 14.5. The molecule has 6 aromatic rings. The van der Waals surface area contributed by atoms with Gasteiger partial charge in [-0.05, 0) is 73.2 Å². The molecule has 1 saturated heterocycles. The molecule has 52 heavy (non-hydrogen) atoms. The van der Waals surface area contributed by atoms with Gasteiger partial charge in [0.15, 0.2) is 11.0 Å². The molecule has 3 heterocycles. The Morgan fingerprint density at radius 2 is 1.83 bits per heavy atom. The first-order valence-corrected chi connectivity index (χ1v) is 17.2. The lowest BCUT2D eigenvalue weighted by molar-refractivity contribution is -0.274. The van der Waals surface area contributed by atoms with Crippen molar-refractivity contribution in [3.63, 3.8) is 0 Å². The van der Waals surface area contributed by atoms with Gasteiger partial charge in [0.05, 0.1) is 46.2 Å². The number of amidine groups is 1. The van der Waals surface area contributed by atoms with Gasteiger partial charge in [0.25, 0.3) is 0 Å². The van der Waals surface area contributed by atoms with Crippen molar-refractivity contribution in [1.82, 2.24) is 19.7 Å². The molecule has 0 spiro atoms. The van der Waals surface area contributed by atoms with Crippen LogP contribution in [0.5, 0.6) is 5.75 Å². The Morgan fingerprint density at radius 3 is 2.60 bits per heavy atom. The predicted octanol–water partition coefficient (Wildman–Crippen LogP) is 8.27. The van der Waals surface area contributed by atoms with E-state index in [4.69, 9.17) is 4.74 Å². The van der Waals surface area contributed by atoms with Crippen molar-refractivity contribution >= 4 is 61.8 Å². The van der Waals surface area contributed by atoms with Gasteiger partial charge >= 0.3 is 12.4 Å². The summed E-state index contributed by atoms with van der Waals surface area (Å²) < 4.78 is 64.8. The number of aliphatic imine (C=N–C) groups is 1. The van der Waals surface area contributed by atoms with Gasteiger partial charge in [-0.25, -0.2) is 23.8 Å². The highest BCUT2D eigenvalue weighted by Crippen LogP contribution is 2.32. The van der Waals surface area contributed by atoms with E-state index in [0.29, 0.717) is 16.9 Å². The molecule has 0 bridgehead atoms. The number of urea groups is 1. The van der Waals surface area contributed by atoms with E-state index in [9.17, 15) is 22.8 Å². The van der Waals surface area contributed by atoms with Crippen LogP contribution in [0.3, 0.4) is 0 Å². The molecule has 0 unspecified atom stereocenters. The lowest BCUT2D eigenvalue weighted by Crippen LogP contribution is -2.31. The third-order valence-electron chi connectivity index (χ3n) is 7.56. The van der Waals surface area contributed by atoms with E-state index in [0.717, 1.165) is 50.7 Å². The molecule has 7 rings (SSSR count). The summed E-state index contributed by atoms with van der Waals surface area (Å²) in [6.07, 6.45) is -3.50. The second-order valence-corrected chi connectivity index (χ2v) is 13.3. The zero-order chi connectivity index (χ0) is 36.4. The maximum Gasteiger partial charge on any atom is 0.573 e. The summed E-state index contributed by atoms with van der Waals surface area (Å²) in [4.78, 5) is 40.3. The van der Waals surface area contributed by atoms with Gasteiger partial charge in [-0.15, -0.1) is 29.6 Å². The molecule has 3 amide bonds. The molecule has 0 saturated carbocycles. The van der Waals surface area contributed by atoms with Crippen molar-refractivity contribution in [3.05, 3.63) is 113 Å². The Hall–Kier alpha value is -5.65. The Morgan fingerprint density at radius 1 is 1.02 bits per heavy atom. The molecule has 1 aliphatic rings. The van der Waals surface area contributed by atoms with Crippen LogP contribution in [-0.2, 0) is 22.7 Å². The van der Waals surface area contributed by atoms with Crippen LogP contribution in [0.15, 0.2) is 96.2 Å². The number of carbonyl (C=O) groups is 2. The van der Waals surface area contributed by atoms with Gasteiger partial charge in [0.2, 0.25) is 5.91 Å². The van der Waals surface area contributed by atoms with E-state index in [1.54, 1.807) is 11.3 Å². The first-order chi connectivity index (χ1) is 25.0. The number of halogens is 4. The number of benzene rings is 4. The number of hydrogen-bond donors (Lipinski definition) is 1. The number of nitrogens with zero attached hydrogens (tertiary/aromatic N) is 6. The predicted molar refractivity (Wildman–Crippen MR) is 189 cm³/mol. The zero-order valence-electron chi connectivity index (χ0n) is 26.9. The minimum absolute atomic E-state index is 0.0558. The van der Waals surface area contributed by atoms with Gasteiger partial charge in [-0.3, -0.25) is 9.69 Å². The number of rotatable bonds is 9. The molecule has 4 aromatic carbocycles. The number of aromatic nitrogens is 4. The number of thioether (sulfide) groups is 1. The first kappa shape index (κ1) is 34.8. The fourth-order valence-electron chi connectivity index (χ4n) is 5.22. The lowest BCUT2D eigenvalue weighted by Gasteiger charge is -2.20. The average molecular weight is 748 g/mol. The van der Waals surface area contributed by atoms with Crippen LogP contribution in [0.2, 0.25) is 0 Å². The highest BCUT2D eigenvalue weighted by Gasteiger charge is 2.33. The molecule has 264 valence electrons. The number of anilines is 2. The number of thiazole rings is 1. The molecule has 1 aliphatic heterocycles. The average Bonchev–Trinajstić information content (AvgIpc) is 3.85. The maximum absolute atomic E-state index is 15.2. The van der Waals surface area contributed by atoms with E-state index >= 15 is 4.39 Å².